The smallest absolute Gasteiger partial charge is 0.394 e. The van der Waals surface area contributed by atoms with Gasteiger partial charge in [0.05, 0.1) is 25.9 Å². The van der Waals surface area contributed by atoms with Gasteiger partial charge in [-0.3, -0.25) is 18.4 Å². The van der Waals surface area contributed by atoms with Crippen LogP contribution in [0.4, 0.5) is 0 Å². The number of aryl methyl sites for hydroxylation is 1. The largest absolute Gasteiger partial charge is 0.473 e. The summed E-state index contributed by atoms with van der Waals surface area (Å²) in [6.45, 7) is -0.193. The third-order valence-corrected chi connectivity index (χ3v) is 7.58. The van der Waals surface area contributed by atoms with Gasteiger partial charge in [-0.15, -0.1) is 0 Å². The Morgan fingerprint density at radius 2 is 1.62 bits per heavy atom. The summed E-state index contributed by atoms with van der Waals surface area (Å²) in [5.41, 5.74) is -0.162. The zero-order valence-electron chi connectivity index (χ0n) is 21.1. The van der Waals surface area contributed by atoms with Gasteiger partial charge in [0.25, 0.3) is 5.56 Å². The Bertz CT molecular complexity index is 1410. The van der Waals surface area contributed by atoms with Crippen molar-refractivity contribution in [3.05, 3.63) is 104 Å². The van der Waals surface area contributed by atoms with Crippen molar-refractivity contribution < 1.29 is 38.6 Å². The summed E-state index contributed by atoms with van der Waals surface area (Å²) in [6.07, 6.45) is -3.31. The SMILES string of the molecule is Cc1cn([C@H]2C[C@H](OP(=O)(O)O[C@H](CO)c3ccccc3)[C@@H](CO)O2)c(=O)n([C@H](CO)c2ccccc2)c1=O. The summed E-state index contributed by atoms with van der Waals surface area (Å²) in [6, 6.07) is 16.0. The normalized spacial score (nSPS) is 22.3. The summed E-state index contributed by atoms with van der Waals surface area (Å²) in [7, 11) is -4.77. The summed E-state index contributed by atoms with van der Waals surface area (Å²) < 4.78 is 31.2. The van der Waals surface area contributed by atoms with Gasteiger partial charge >= 0.3 is 13.5 Å². The quantitative estimate of drug-likeness (QED) is 0.251. The highest BCUT2D eigenvalue weighted by Crippen LogP contribution is 2.51. The lowest BCUT2D eigenvalue weighted by Crippen LogP contribution is -2.45. The lowest BCUT2D eigenvalue weighted by atomic mass is 10.1. The second kappa shape index (κ2) is 12.5. The molecule has 0 bridgehead atoms. The van der Waals surface area contributed by atoms with E-state index in [-0.39, 0.29) is 12.0 Å². The van der Waals surface area contributed by atoms with E-state index in [9.17, 15) is 34.4 Å². The van der Waals surface area contributed by atoms with Crippen LogP contribution in [0.2, 0.25) is 0 Å². The molecule has 4 rings (SSSR count). The van der Waals surface area contributed by atoms with Crippen molar-refractivity contribution in [1.82, 2.24) is 9.13 Å². The van der Waals surface area contributed by atoms with Crippen LogP contribution in [-0.4, -0.2) is 61.4 Å². The number of hydrogen-bond donors (Lipinski definition) is 4. The second-order valence-electron chi connectivity index (χ2n) is 9.13. The van der Waals surface area contributed by atoms with Gasteiger partial charge in [-0.05, 0) is 18.1 Å². The predicted octanol–water partition coefficient (Wildman–Crippen LogP) is 1.42. The molecule has 0 saturated carbocycles. The molecule has 2 heterocycles. The zero-order chi connectivity index (χ0) is 28.2. The molecular weight excluding hydrogens is 531 g/mol. The molecule has 2 aromatic carbocycles. The summed E-state index contributed by atoms with van der Waals surface area (Å²) in [4.78, 5) is 36.9. The maximum atomic E-state index is 13.5. The fourth-order valence-corrected chi connectivity index (χ4v) is 5.71. The van der Waals surface area contributed by atoms with E-state index >= 15 is 0 Å². The Kier molecular flexibility index (Phi) is 9.31. The minimum Gasteiger partial charge on any atom is -0.394 e. The molecule has 6 atom stereocenters. The Morgan fingerprint density at radius 3 is 2.18 bits per heavy atom. The first kappa shape index (κ1) is 29.1. The van der Waals surface area contributed by atoms with Crippen LogP contribution >= 0.6 is 7.82 Å². The summed E-state index contributed by atoms with van der Waals surface area (Å²) in [5.74, 6) is 0. The topological polar surface area (TPSA) is 170 Å². The average Bonchev–Trinajstić information content (AvgIpc) is 3.34. The maximum Gasteiger partial charge on any atom is 0.473 e. The molecule has 210 valence electrons. The predicted molar refractivity (Wildman–Crippen MR) is 139 cm³/mol. The van der Waals surface area contributed by atoms with Gasteiger partial charge in [0, 0.05) is 18.2 Å². The van der Waals surface area contributed by atoms with Gasteiger partial charge in [0.15, 0.2) is 0 Å². The lowest BCUT2D eigenvalue weighted by molar-refractivity contribution is -0.0491. The lowest BCUT2D eigenvalue weighted by Gasteiger charge is -2.23. The number of aliphatic hydroxyl groups is 3. The number of aromatic nitrogens is 2. The first-order valence-electron chi connectivity index (χ1n) is 12.3. The van der Waals surface area contributed by atoms with E-state index in [2.05, 4.69) is 0 Å². The van der Waals surface area contributed by atoms with Crippen LogP contribution in [-0.2, 0) is 18.3 Å². The van der Waals surface area contributed by atoms with Gasteiger partial charge < -0.3 is 24.9 Å². The molecule has 0 amide bonds. The Hall–Kier alpha value is -2.93. The Labute approximate surface area is 223 Å². The first-order chi connectivity index (χ1) is 18.7. The molecule has 13 heteroatoms. The van der Waals surface area contributed by atoms with E-state index in [1.165, 1.54) is 13.1 Å². The van der Waals surface area contributed by atoms with Crippen LogP contribution in [0.1, 0.15) is 41.5 Å². The van der Waals surface area contributed by atoms with Crippen LogP contribution in [0.15, 0.2) is 76.4 Å². The van der Waals surface area contributed by atoms with E-state index in [0.717, 1.165) is 9.13 Å². The zero-order valence-corrected chi connectivity index (χ0v) is 22.0. The molecule has 1 fully saturated rings. The number of hydrogen-bond acceptors (Lipinski definition) is 9. The minimum atomic E-state index is -4.77. The third-order valence-electron chi connectivity index (χ3n) is 6.52. The van der Waals surface area contributed by atoms with Gasteiger partial charge in [-0.25, -0.2) is 13.9 Å². The second-order valence-corrected chi connectivity index (χ2v) is 10.5. The Balaban J connectivity index is 1.60. The molecular formula is C26H31N2O10P. The van der Waals surface area contributed by atoms with Gasteiger partial charge in [-0.1, -0.05) is 60.7 Å². The van der Waals surface area contributed by atoms with E-state index in [1.54, 1.807) is 60.7 Å². The van der Waals surface area contributed by atoms with Crippen molar-refractivity contribution in [2.75, 3.05) is 19.8 Å². The molecule has 1 aliphatic heterocycles. The van der Waals surface area contributed by atoms with Gasteiger partial charge in [-0.2, -0.15) is 0 Å². The highest BCUT2D eigenvalue weighted by Gasteiger charge is 2.43. The number of phosphoric ester groups is 1. The molecule has 1 unspecified atom stereocenters. The monoisotopic (exact) mass is 562 g/mol. The minimum absolute atomic E-state index is 0.138. The number of nitrogens with zero attached hydrogens (tertiary/aromatic N) is 2. The van der Waals surface area contributed by atoms with Gasteiger partial charge in [0.2, 0.25) is 0 Å². The molecule has 39 heavy (non-hydrogen) atoms. The number of benzene rings is 2. The highest BCUT2D eigenvalue weighted by atomic mass is 31.2. The molecule has 0 aliphatic carbocycles. The van der Waals surface area contributed by atoms with Crippen molar-refractivity contribution in [3.63, 3.8) is 0 Å². The van der Waals surface area contributed by atoms with Crippen molar-refractivity contribution >= 4 is 7.82 Å². The van der Waals surface area contributed by atoms with Crippen molar-refractivity contribution in [2.45, 2.75) is 43.9 Å². The molecule has 3 aromatic rings. The van der Waals surface area contributed by atoms with Crippen LogP contribution < -0.4 is 11.2 Å². The number of rotatable bonds is 11. The van der Waals surface area contributed by atoms with Gasteiger partial charge in [0.1, 0.15) is 24.5 Å². The molecule has 4 N–H and O–H groups in total. The third kappa shape index (κ3) is 6.46. The van der Waals surface area contributed by atoms with E-state index in [4.69, 9.17) is 13.8 Å². The van der Waals surface area contributed by atoms with Crippen molar-refractivity contribution in [3.8, 4) is 0 Å². The number of aliphatic hydroxyl groups excluding tert-OH is 3. The molecule has 0 spiro atoms. The molecule has 12 nitrogen and oxygen atoms in total. The van der Waals surface area contributed by atoms with Crippen molar-refractivity contribution in [2.24, 2.45) is 0 Å². The average molecular weight is 563 g/mol. The van der Waals surface area contributed by atoms with Crippen LogP contribution in [0.3, 0.4) is 0 Å². The molecule has 1 aliphatic rings. The van der Waals surface area contributed by atoms with Crippen LogP contribution in [0, 0.1) is 6.92 Å². The Morgan fingerprint density at radius 1 is 1.00 bits per heavy atom. The fraction of sp³-hybridized carbons (Fsp3) is 0.385. The molecule has 1 saturated heterocycles. The molecule has 0 radical (unpaired) electrons. The highest BCUT2D eigenvalue weighted by molar-refractivity contribution is 7.47. The number of phosphoric acid groups is 1. The maximum absolute atomic E-state index is 13.5. The van der Waals surface area contributed by atoms with E-state index in [0.29, 0.717) is 11.1 Å². The fourth-order valence-electron chi connectivity index (χ4n) is 4.58. The van der Waals surface area contributed by atoms with E-state index in [1.807, 2.05) is 0 Å². The van der Waals surface area contributed by atoms with Crippen LogP contribution in [0.5, 0.6) is 0 Å². The van der Waals surface area contributed by atoms with Crippen molar-refractivity contribution in [1.29, 1.82) is 0 Å². The van der Waals surface area contributed by atoms with Crippen LogP contribution in [0.25, 0.3) is 0 Å². The standard InChI is InChI=1S/C26H31N2O10P/c1-17-13-27(26(33)28(25(17)32)20(14-29)18-8-4-2-5-9-18)24-12-21(23(16-31)36-24)37-39(34,35)38-22(15-30)19-10-6-3-7-11-19/h2-11,13,20-24,29-31H,12,14-16H2,1H3,(H,34,35)/t20-,21+,22-,23-,24-/m1/s1. The summed E-state index contributed by atoms with van der Waals surface area (Å²) >= 11 is 0. The number of ether oxygens (including phenoxy) is 1. The molecule has 1 aromatic heterocycles. The van der Waals surface area contributed by atoms with E-state index < -0.39 is 69.5 Å². The summed E-state index contributed by atoms with van der Waals surface area (Å²) in [5, 5.41) is 29.6. The first-order valence-corrected chi connectivity index (χ1v) is 13.8.